The fraction of sp³-hybridized carbons (Fsp3) is 1.00. The van der Waals surface area contributed by atoms with E-state index in [1.807, 2.05) is 0 Å². The van der Waals surface area contributed by atoms with Gasteiger partial charge in [-0.1, -0.05) is 0 Å². The van der Waals surface area contributed by atoms with E-state index in [-0.39, 0.29) is 11.9 Å². The average molecular weight is 179 g/mol. The van der Waals surface area contributed by atoms with Gasteiger partial charge in [0.2, 0.25) is 10.0 Å². The predicted molar refractivity (Wildman–Crippen MR) is 41.7 cm³/mol. The van der Waals surface area contributed by atoms with Crippen molar-refractivity contribution in [1.82, 2.24) is 4.31 Å². The summed E-state index contributed by atoms with van der Waals surface area (Å²) in [5.41, 5.74) is 0. The molecule has 11 heavy (non-hydrogen) atoms. The van der Waals surface area contributed by atoms with Gasteiger partial charge in [-0.15, -0.1) is 0 Å². The maximum Gasteiger partial charge on any atom is 0.216 e. The fourth-order valence-electron chi connectivity index (χ4n) is 1.29. The summed E-state index contributed by atoms with van der Waals surface area (Å²) in [7, 11) is -1.48. The highest BCUT2D eigenvalue weighted by atomic mass is 32.2. The van der Waals surface area contributed by atoms with Crippen molar-refractivity contribution in [3.63, 3.8) is 0 Å². The van der Waals surface area contributed by atoms with Crippen LogP contribution in [0, 0.1) is 0 Å². The van der Waals surface area contributed by atoms with Crippen molar-refractivity contribution in [2.24, 2.45) is 0 Å². The molecule has 1 aliphatic heterocycles. The van der Waals surface area contributed by atoms with Gasteiger partial charge in [0.05, 0.1) is 5.25 Å². The third-order valence-electron chi connectivity index (χ3n) is 2.07. The lowest BCUT2D eigenvalue weighted by molar-refractivity contribution is 0.285. The Kier molecular flexibility index (Phi) is 2.51. The number of aliphatic hydroxyl groups excluding tert-OH is 1. The maximum atomic E-state index is 11.3. The Balaban J connectivity index is 2.71. The maximum absolute atomic E-state index is 11.3. The Morgan fingerprint density at radius 2 is 2.27 bits per heavy atom. The Labute approximate surface area is 66.9 Å². The number of nitrogens with zero attached hydrogens (tertiary/aromatic N) is 1. The molecule has 1 rings (SSSR count). The van der Waals surface area contributed by atoms with E-state index in [9.17, 15) is 8.42 Å². The molecule has 1 atom stereocenters. The smallest absolute Gasteiger partial charge is 0.216 e. The molecule has 0 spiro atoms. The van der Waals surface area contributed by atoms with Crippen LogP contribution < -0.4 is 0 Å². The number of rotatable bonds is 2. The molecular weight excluding hydrogens is 166 g/mol. The van der Waals surface area contributed by atoms with E-state index in [0.29, 0.717) is 19.4 Å². The molecule has 0 amide bonds. The summed E-state index contributed by atoms with van der Waals surface area (Å²) in [6.07, 6.45) is 1.02. The zero-order chi connectivity index (χ0) is 8.48. The van der Waals surface area contributed by atoms with Crippen LogP contribution in [0.2, 0.25) is 0 Å². The van der Waals surface area contributed by atoms with Crippen LogP contribution in [0.15, 0.2) is 0 Å². The van der Waals surface area contributed by atoms with E-state index in [4.69, 9.17) is 5.11 Å². The summed E-state index contributed by atoms with van der Waals surface area (Å²) in [5, 5.41) is 8.21. The molecule has 1 heterocycles. The van der Waals surface area contributed by atoms with E-state index >= 15 is 0 Å². The molecule has 0 bridgehead atoms. The molecule has 0 aromatic rings. The van der Waals surface area contributed by atoms with Crippen molar-refractivity contribution in [3.05, 3.63) is 0 Å². The summed E-state index contributed by atoms with van der Waals surface area (Å²) in [4.78, 5) is 0. The van der Waals surface area contributed by atoms with Crippen LogP contribution in [0.3, 0.4) is 0 Å². The first-order chi connectivity index (χ1) is 5.09. The van der Waals surface area contributed by atoms with Crippen molar-refractivity contribution in [1.29, 1.82) is 0 Å². The van der Waals surface area contributed by atoms with Gasteiger partial charge in [0, 0.05) is 20.2 Å². The van der Waals surface area contributed by atoms with E-state index in [1.54, 1.807) is 7.05 Å². The molecule has 66 valence electrons. The van der Waals surface area contributed by atoms with Gasteiger partial charge >= 0.3 is 0 Å². The first-order valence-corrected chi connectivity index (χ1v) is 5.15. The lowest BCUT2D eigenvalue weighted by Crippen LogP contribution is -2.26. The van der Waals surface area contributed by atoms with Crippen LogP contribution in [0.4, 0.5) is 0 Å². The zero-order valence-electron chi connectivity index (χ0n) is 6.52. The molecule has 0 radical (unpaired) electrons. The Hall–Kier alpha value is -0.130. The highest BCUT2D eigenvalue weighted by Gasteiger charge is 2.35. The van der Waals surface area contributed by atoms with Crippen LogP contribution in [0.25, 0.3) is 0 Å². The Morgan fingerprint density at radius 3 is 2.64 bits per heavy atom. The molecule has 0 aliphatic carbocycles. The molecule has 0 saturated carbocycles. The van der Waals surface area contributed by atoms with Crippen molar-refractivity contribution in [3.8, 4) is 0 Å². The Bertz CT molecular complexity index is 222. The van der Waals surface area contributed by atoms with Crippen LogP contribution in [0.1, 0.15) is 12.8 Å². The van der Waals surface area contributed by atoms with Crippen molar-refractivity contribution in [2.75, 3.05) is 20.2 Å². The van der Waals surface area contributed by atoms with Gasteiger partial charge in [0.1, 0.15) is 0 Å². The largest absolute Gasteiger partial charge is 0.396 e. The fourth-order valence-corrected chi connectivity index (χ4v) is 2.97. The molecule has 1 saturated heterocycles. The second-order valence-electron chi connectivity index (χ2n) is 2.79. The normalized spacial score (nSPS) is 30.9. The summed E-state index contributed by atoms with van der Waals surface area (Å²) < 4.78 is 23.9. The topological polar surface area (TPSA) is 57.6 Å². The minimum atomic E-state index is -3.05. The summed E-state index contributed by atoms with van der Waals surface area (Å²) in [6.45, 7) is 0.546. The third kappa shape index (κ3) is 1.55. The van der Waals surface area contributed by atoms with E-state index in [0.717, 1.165) is 0 Å². The number of aliphatic hydroxyl groups is 1. The van der Waals surface area contributed by atoms with Crippen molar-refractivity contribution < 1.29 is 13.5 Å². The number of sulfonamides is 1. The highest BCUT2D eigenvalue weighted by Crippen LogP contribution is 2.21. The molecular formula is C6H13NO3S. The lowest BCUT2D eigenvalue weighted by Gasteiger charge is -2.09. The third-order valence-corrected chi connectivity index (χ3v) is 4.44. The molecule has 1 fully saturated rings. The number of hydrogen-bond donors (Lipinski definition) is 1. The van der Waals surface area contributed by atoms with E-state index in [2.05, 4.69) is 0 Å². The van der Waals surface area contributed by atoms with Crippen molar-refractivity contribution >= 4 is 10.0 Å². The monoisotopic (exact) mass is 179 g/mol. The summed E-state index contributed by atoms with van der Waals surface area (Å²) in [6, 6.07) is 0. The number of hydrogen-bond acceptors (Lipinski definition) is 3. The van der Waals surface area contributed by atoms with E-state index in [1.165, 1.54) is 4.31 Å². The molecule has 1 N–H and O–H groups in total. The first-order valence-electron chi connectivity index (χ1n) is 3.65. The van der Waals surface area contributed by atoms with Gasteiger partial charge in [0.25, 0.3) is 0 Å². The second kappa shape index (κ2) is 3.08. The minimum Gasteiger partial charge on any atom is -0.396 e. The molecule has 0 aromatic carbocycles. The van der Waals surface area contributed by atoms with Gasteiger partial charge in [0.15, 0.2) is 0 Å². The summed E-state index contributed by atoms with van der Waals surface area (Å²) in [5.74, 6) is 0. The van der Waals surface area contributed by atoms with Crippen LogP contribution >= 0.6 is 0 Å². The average Bonchev–Trinajstić information content (AvgIpc) is 2.16. The SMILES string of the molecule is CN1CCC(CCO)S1(=O)=O. The summed E-state index contributed by atoms with van der Waals surface area (Å²) >= 11 is 0. The predicted octanol–water partition coefficient (Wildman–Crippen LogP) is -0.597. The standard InChI is InChI=1S/C6H13NO3S/c1-7-4-2-6(3-5-8)11(7,9)10/h6,8H,2-5H2,1H3. The molecule has 1 unspecified atom stereocenters. The van der Waals surface area contributed by atoms with Crippen molar-refractivity contribution in [2.45, 2.75) is 18.1 Å². The Morgan fingerprint density at radius 1 is 1.64 bits per heavy atom. The molecule has 0 aromatic heterocycles. The van der Waals surface area contributed by atoms with E-state index < -0.39 is 10.0 Å². The van der Waals surface area contributed by atoms with Crippen LogP contribution in [0.5, 0.6) is 0 Å². The minimum absolute atomic E-state index is 0.0439. The van der Waals surface area contributed by atoms with Gasteiger partial charge in [-0.2, -0.15) is 0 Å². The van der Waals surface area contributed by atoms with Gasteiger partial charge in [-0.25, -0.2) is 12.7 Å². The van der Waals surface area contributed by atoms with Gasteiger partial charge < -0.3 is 5.11 Å². The van der Waals surface area contributed by atoms with Crippen LogP contribution in [-0.2, 0) is 10.0 Å². The quantitative estimate of drug-likeness (QED) is 0.616. The zero-order valence-corrected chi connectivity index (χ0v) is 7.34. The van der Waals surface area contributed by atoms with Crippen LogP contribution in [-0.4, -0.2) is 43.3 Å². The van der Waals surface area contributed by atoms with Gasteiger partial charge in [-0.05, 0) is 12.8 Å². The molecule has 5 heteroatoms. The highest BCUT2D eigenvalue weighted by molar-refractivity contribution is 7.89. The second-order valence-corrected chi connectivity index (χ2v) is 5.11. The molecule has 4 nitrogen and oxygen atoms in total. The molecule has 1 aliphatic rings. The first kappa shape index (κ1) is 8.96. The lowest BCUT2D eigenvalue weighted by atomic mass is 10.2. The van der Waals surface area contributed by atoms with Gasteiger partial charge in [-0.3, -0.25) is 0 Å².